The molecule has 94 valence electrons. The first-order valence-corrected chi connectivity index (χ1v) is 6.68. The van der Waals surface area contributed by atoms with Gasteiger partial charge in [-0.05, 0) is 60.0 Å². The molecule has 0 N–H and O–H groups in total. The molecule has 0 radical (unpaired) electrons. The van der Waals surface area contributed by atoms with Crippen molar-refractivity contribution in [1.29, 1.82) is 0 Å². The van der Waals surface area contributed by atoms with Gasteiger partial charge in [-0.25, -0.2) is 4.68 Å². The second-order valence-corrected chi connectivity index (χ2v) is 5.09. The van der Waals surface area contributed by atoms with Gasteiger partial charge < -0.3 is 0 Å². The van der Waals surface area contributed by atoms with E-state index in [0.29, 0.717) is 5.56 Å². The Labute approximate surface area is 115 Å². The van der Waals surface area contributed by atoms with Gasteiger partial charge in [0.1, 0.15) is 0 Å². The van der Waals surface area contributed by atoms with E-state index in [0.717, 1.165) is 34.3 Å². The number of aldehydes is 1. The lowest BCUT2D eigenvalue weighted by Gasteiger charge is -2.06. The van der Waals surface area contributed by atoms with Crippen molar-refractivity contribution >= 4 is 22.2 Å². The molecule has 0 amide bonds. The van der Waals surface area contributed by atoms with Crippen molar-refractivity contribution < 1.29 is 4.79 Å². The summed E-state index contributed by atoms with van der Waals surface area (Å²) in [5.41, 5.74) is 5.11. The van der Waals surface area contributed by atoms with Gasteiger partial charge in [0.05, 0.1) is 11.4 Å². The highest BCUT2D eigenvalue weighted by Crippen LogP contribution is 2.23. The summed E-state index contributed by atoms with van der Waals surface area (Å²) in [7, 11) is 0. The Hall–Kier alpha value is -1.42. The van der Waals surface area contributed by atoms with E-state index in [1.807, 2.05) is 23.7 Å². The van der Waals surface area contributed by atoms with Crippen molar-refractivity contribution in [1.82, 2.24) is 9.78 Å². The van der Waals surface area contributed by atoms with E-state index in [-0.39, 0.29) is 0 Å². The first-order valence-electron chi connectivity index (χ1n) is 5.88. The average molecular weight is 307 g/mol. The molecule has 1 aromatic carbocycles. The first-order chi connectivity index (χ1) is 8.58. The molecule has 0 fully saturated rings. The van der Waals surface area contributed by atoms with Crippen LogP contribution in [0.1, 0.15) is 34.2 Å². The van der Waals surface area contributed by atoms with Crippen LogP contribution < -0.4 is 0 Å². The smallest absolute Gasteiger partial charge is 0.151 e. The molecule has 0 unspecified atom stereocenters. The van der Waals surface area contributed by atoms with E-state index in [2.05, 4.69) is 34.9 Å². The molecule has 0 saturated carbocycles. The molecule has 2 aromatic rings. The number of hydrogen-bond donors (Lipinski definition) is 0. The SMILES string of the molecule is CCc1c(C)nn(-c2ccc(C=O)c(Br)c2)c1C. The third-order valence-electron chi connectivity index (χ3n) is 3.15. The summed E-state index contributed by atoms with van der Waals surface area (Å²) in [5, 5.41) is 4.56. The molecule has 0 bridgehead atoms. The Morgan fingerprint density at radius 2 is 2.11 bits per heavy atom. The van der Waals surface area contributed by atoms with Crippen LogP contribution in [0.15, 0.2) is 22.7 Å². The average Bonchev–Trinajstić information content (AvgIpc) is 2.64. The van der Waals surface area contributed by atoms with Gasteiger partial charge >= 0.3 is 0 Å². The van der Waals surface area contributed by atoms with Crippen LogP contribution in [0, 0.1) is 13.8 Å². The van der Waals surface area contributed by atoms with Crippen molar-refractivity contribution in [3.63, 3.8) is 0 Å². The van der Waals surface area contributed by atoms with Gasteiger partial charge in [-0.2, -0.15) is 5.10 Å². The predicted molar refractivity (Wildman–Crippen MR) is 75.5 cm³/mol. The Balaban J connectivity index is 2.55. The number of hydrogen-bond acceptors (Lipinski definition) is 2. The zero-order valence-electron chi connectivity index (χ0n) is 10.7. The zero-order valence-corrected chi connectivity index (χ0v) is 12.3. The predicted octanol–water partition coefficient (Wildman–Crippen LogP) is 3.63. The number of halogens is 1. The Morgan fingerprint density at radius 1 is 1.39 bits per heavy atom. The highest BCUT2D eigenvalue weighted by atomic mass is 79.9. The number of benzene rings is 1. The second kappa shape index (κ2) is 5.06. The number of aryl methyl sites for hydroxylation is 1. The summed E-state index contributed by atoms with van der Waals surface area (Å²) in [4.78, 5) is 10.8. The number of aromatic nitrogens is 2. The van der Waals surface area contributed by atoms with Crippen molar-refractivity contribution in [3.05, 3.63) is 45.2 Å². The fourth-order valence-electron chi connectivity index (χ4n) is 2.18. The molecule has 0 saturated heterocycles. The van der Waals surface area contributed by atoms with Crippen molar-refractivity contribution in [2.45, 2.75) is 27.2 Å². The molecule has 4 heteroatoms. The van der Waals surface area contributed by atoms with Gasteiger partial charge in [0.25, 0.3) is 0 Å². The quantitative estimate of drug-likeness (QED) is 0.812. The summed E-state index contributed by atoms with van der Waals surface area (Å²) in [6, 6.07) is 5.63. The summed E-state index contributed by atoms with van der Waals surface area (Å²) in [6.45, 7) is 6.23. The standard InChI is InChI=1S/C14H15BrN2O/c1-4-13-9(2)16-17(10(13)3)12-6-5-11(8-18)14(15)7-12/h5-8H,4H2,1-3H3. The molecule has 1 aromatic heterocycles. The second-order valence-electron chi connectivity index (χ2n) is 4.24. The number of carbonyl (C=O) groups is 1. The van der Waals surface area contributed by atoms with E-state index >= 15 is 0 Å². The molecular formula is C14H15BrN2O. The van der Waals surface area contributed by atoms with Crippen LogP contribution >= 0.6 is 15.9 Å². The van der Waals surface area contributed by atoms with Gasteiger partial charge in [0.2, 0.25) is 0 Å². The van der Waals surface area contributed by atoms with Crippen molar-refractivity contribution in [3.8, 4) is 5.69 Å². The number of rotatable bonds is 3. The van der Waals surface area contributed by atoms with Gasteiger partial charge in [-0.15, -0.1) is 0 Å². The van der Waals surface area contributed by atoms with Crippen LogP contribution in [0.5, 0.6) is 0 Å². The molecule has 0 aliphatic heterocycles. The summed E-state index contributed by atoms with van der Waals surface area (Å²) >= 11 is 3.40. The molecule has 0 atom stereocenters. The highest BCUT2D eigenvalue weighted by Gasteiger charge is 2.11. The first kappa shape index (κ1) is 13.0. The minimum Gasteiger partial charge on any atom is -0.298 e. The largest absolute Gasteiger partial charge is 0.298 e. The van der Waals surface area contributed by atoms with Gasteiger partial charge in [0.15, 0.2) is 6.29 Å². The van der Waals surface area contributed by atoms with E-state index in [4.69, 9.17) is 0 Å². The van der Waals surface area contributed by atoms with Gasteiger partial charge in [0, 0.05) is 15.7 Å². The lowest BCUT2D eigenvalue weighted by molar-refractivity contribution is 0.112. The van der Waals surface area contributed by atoms with Crippen LogP contribution in [0.2, 0.25) is 0 Å². The topological polar surface area (TPSA) is 34.9 Å². The maximum absolute atomic E-state index is 10.8. The van der Waals surface area contributed by atoms with Crippen LogP contribution in [0.4, 0.5) is 0 Å². The molecule has 0 aliphatic rings. The highest BCUT2D eigenvalue weighted by molar-refractivity contribution is 9.10. The van der Waals surface area contributed by atoms with Crippen LogP contribution in [-0.2, 0) is 6.42 Å². The monoisotopic (exact) mass is 306 g/mol. The lowest BCUT2D eigenvalue weighted by atomic mass is 10.1. The van der Waals surface area contributed by atoms with E-state index in [1.54, 1.807) is 6.07 Å². The van der Waals surface area contributed by atoms with Crippen LogP contribution in [0.3, 0.4) is 0 Å². The van der Waals surface area contributed by atoms with E-state index in [1.165, 1.54) is 5.56 Å². The Morgan fingerprint density at radius 3 is 2.61 bits per heavy atom. The fourth-order valence-corrected chi connectivity index (χ4v) is 2.64. The minimum atomic E-state index is 0.649. The van der Waals surface area contributed by atoms with Crippen molar-refractivity contribution in [2.75, 3.05) is 0 Å². The van der Waals surface area contributed by atoms with Gasteiger partial charge in [-0.3, -0.25) is 4.79 Å². The molecular weight excluding hydrogens is 292 g/mol. The molecule has 2 rings (SSSR count). The van der Waals surface area contributed by atoms with Crippen LogP contribution in [-0.4, -0.2) is 16.1 Å². The molecule has 0 spiro atoms. The Bertz CT molecular complexity index is 602. The summed E-state index contributed by atoms with van der Waals surface area (Å²) < 4.78 is 2.72. The molecule has 18 heavy (non-hydrogen) atoms. The van der Waals surface area contributed by atoms with Gasteiger partial charge in [-0.1, -0.05) is 6.92 Å². The maximum atomic E-state index is 10.8. The third kappa shape index (κ3) is 2.12. The summed E-state index contributed by atoms with van der Waals surface area (Å²) in [5.74, 6) is 0. The number of carbonyl (C=O) groups excluding carboxylic acids is 1. The minimum absolute atomic E-state index is 0.649. The van der Waals surface area contributed by atoms with Crippen LogP contribution in [0.25, 0.3) is 5.69 Å². The molecule has 0 aliphatic carbocycles. The maximum Gasteiger partial charge on any atom is 0.151 e. The van der Waals surface area contributed by atoms with Crippen molar-refractivity contribution in [2.24, 2.45) is 0 Å². The molecule has 3 nitrogen and oxygen atoms in total. The lowest BCUT2D eigenvalue weighted by Crippen LogP contribution is -2.00. The fraction of sp³-hybridized carbons (Fsp3) is 0.286. The van der Waals surface area contributed by atoms with E-state index < -0.39 is 0 Å². The Kier molecular flexibility index (Phi) is 3.66. The molecule has 1 heterocycles. The zero-order chi connectivity index (χ0) is 13.3. The summed E-state index contributed by atoms with van der Waals surface area (Å²) in [6.07, 6.45) is 1.82. The normalized spacial score (nSPS) is 10.7. The third-order valence-corrected chi connectivity index (χ3v) is 3.84. The van der Waals surface area contributed by atoms with E-state index in [9.17, 15) is 4.79 Å². The number of nitrogens with zero attached hydrogens (tertiary/aromatic N) is 2.